The summed E-state index contributed by atoms with van der Waals surface area (Å²) in [5.41, 5.74) is 4.49. The van der Waals surface area contributed by atoms with E-state index in [0.717, 1.165) is 36.3 Å². The number of hydrogen-bond donors (Lipinski definition) is 5. The van der Waals surface area contributed by atoms with Gasteiger partial charge in [-0.2, -0.15) is 5.26 Å². The van der Waals surface area contributed by atoms with Crippen molar-refractivity contribution < 1.29 is 25.2 Å². The minimum absolute atomic E-state index is 0. The number of aliphatic hydroxyl groups excluding tert-OH is 3. The van der Waals surface area contributed by atoms with E-state index in [-0.39, 0.29) is 30.1 Å². The molecule has 3 aromatic rings. The molecule has 0 aliphatic heterocycles. The fourth-order valence-electron chi connectivity index (χ4n) is 10.0. The van der Waals surface area contributed by atoms with E-state index >= 15 is 0 Å². The number of benzene rings is 3. The Kier molecular flexibility index (Phi) is 17.9. The minimum Gasteiger partial charge on any atom is -0.489 e. The smallest absolute Gasteiger partial charge is 0.138 e. The molecule has 0 saturated heterocycles. The van der Waals surface area contributed by atoms with Crippen LogP contribution in [0, 0.1) is 34.5 Å². The fraction of sp³-hybridized carbons (Fsp3) is 0.549. The van der Waals surface area contributed by atoms with E-state index in [1.165, 1.54) is 54.9 Å². The number of hydrogen-bond acceptors (Lipinski definition) is 7. The Balaban J connectivity index is 0.000000260. The molecular formula is C51H70Cl2N2O5. The second kappa shape index (κ2) is 21.7. The lowest BCUT2D eigenvalue weighted by Gasteiger charge is -2.44. The van der Waals surface area contributed by atoms with Crippen molar-refractivity contribution in [3.05, 3.63) is 112 Å². The van der Waals surface area contributed by atoms with Crippen LogP contribution in [0.1, 0.15) is 117 Å². The van der Waals surface area contributed by atoms with Crippen LogP contribution in [0.15, 0.2) is 96.1 Å². The highest BCUT2D eigenvalue weighted by Gasteiger charge is 2.50. The number of nitriles is 1. The van der Waals surface area contributed by atoms with E-state index in [4.69, 9.17) is 16.3 Å². The van der Waals surface area contributed by atoms with Gasteiger partial charge in [-0.25, -0.2) is 0 Å². The Morgan fingerprint density at radius 3 is 2.50 bits per heavy atom. The lowest BCUT2D eigenvalue weighted by molar-refractivity contribution is 0.0596. The number of halogens is 2. The van der Waals surface area contributed by atoms with Crippen molar-refractivity contribution in [2.24, 2.45) is 23.2 Å². The third-order valence-electron chi connectivity index (χ3n) is 13.2. The molecule has 0 spiro atoms. The standard InChI is InChI=1S/C27H44O3.C24H25ClN2O2.ClH/c1-18(8-6-14-26(3,4)30)23-12-13-24-20(9-7-15-27(23,24)5)10-11-21-16-22(28)17-25(29)19(21)2;1-24(2,13-17-10-11-18-6-3-4-7-19(18)12-17)27-15-20(28)16-29-23-9-5-8-22(25)21(23)14-26;/h10-11,18,22-25,28-30H,2,6-9,12-17H2,1,3-5H3;3-12,20,27-28H,13,15-16H2,1-2H3;1H/b20-10+,21-11-;;/t18-,22-,23-,24+,25?,27-;20-;/m11./s1. The summed E-state index contributed by atoms with van der Waals surface area (Å²) in [4.78, 5) is 0. The molecule has 0 aromatic heterocycles. The van der Waals surface area contributed by atoms with E-state index in [2.05, 4.69) is 82.1 Å². The molecule has 7 atom stereocenters. The van der Waals surface area contributed by atoms with Crippen LogP contribution in [0.4, 0.5) is 0 Å². The van der Waals surface area contributed by atoms with Crippen molar-refractivity contribution in [3.63, 3.8) is 0 Å². The van der Waals surface area contributed by atoms with Crippen molar-refractivity contribution >= 4 is 34.8 Å². The molecule has 3 fully saturated rings. The molecule has 3 saturated carbocycles. The highest BCUT2D eigenvalue weighted by Crippen LogP contribution is 2.60. The maximum absolute atomic E-state index is 10.3. The van der Waals surface area contributed by atoms with Crippen molar-refractivity contribution in [1.29, 1.82) is 5.26 Å². The summed E-state index contributed by atoms with van der Waals surface area (Å²) in [5, 5.41) is 55.9. The van der Waals surface area contributed by atoms with Crippen LogP contribution in [-0.4, -0.2) is 63.0 Å². The molecule has 3 aliphatic carbocycles. The zero-order chi connectivity index (χ0) is 43.0. The predicted octanol–water partition coefficient (Wildman–Crippen LogP) is 10.8. The lowest BCUT2D eigenvalue weighted by Crippen LogP contribution is -2.46. The van der Waals surface area contributed by atoms with Crippen LogP contribution in [0.2, 0.25) is 5.02 Å². The van der Waals surface area contributed by atoms with Gasteiger partial charge in [0, 0.05) is 18.5 Å². The lowest BCUT2D eigenvalue weighted by atomic mass is 9.60. The molecule has 6 rings (SSSR count). The Bertz CT molecular complexity index is 2000. The van der Waals surface area contributed by atoms with Crippen LogP contribution in [-0.2, 0) is 6.42 Å². The molecule has 1 unspecified atom stereocenters. The summed E-state index contributed by atoms with van der Waals surface area (Å²) in [6.07, 6.45) is 14.0. The molecule has 5 N–H and O–H groups in total. The van der Waals surface area contributed by atoms with Gasteiger partial charge >= 0.3 is 0 Å². The first kappa shape index (κ1) is 49.5. The number of fused-ring (bicyclic) bond motifs is 2. The normalized spacial score (nSPS) is 25.5. The molecule has 60 heavy (non-hydrogen) atoms. The molecule has 0 radical (unpaired) electrons. The highest BCUT2D eigenvalue weighted by atomic mass is 35.5. The van der Waals surface area contributed by atoms with Gasteiger partial charge < -0.3 is 30.5 Å². The molecule has 328 valence electrons. The summed E-state index contributed by atoms with van der Waals surface area (Å²) in [6, 6.07) is 21.9. The zero-order valence-corrected chi connectivity index (χ0v) is 38.3. The number of nitrogens with one attached hydrogen (secondary N) is 1. The number of ether oxygens (including phenoxy) is 1. The molecule has 9 heteroatoms. The Labute approximate surface area is 371 Å². The minimum atomic E-state index is -0.712. The Morgan fingerprint density at radius 2 is 1.78 bits per heavy atom. The van der Waals surface area contributed by atoms with Gasteiger partial charge in [0.1, 0.15) is 30.1 Å². The second-order valence-corrected chi connectivity index (χ2v) is 19.6. The first-order valence-corrected chi connectivity index (χ1v) is 22.2. The predicted molar refractivity (Wildman–Crippen MR) is 249 cm³/mol. The third-order valence-corrected chi connectivity index (χ3v) is 13.5. The monoisotopic (exact) mass is 860 g/mol. The molecule has 7 nitrogen and oxygen atoms in total. The van der Waals surface area contributed by atoms with Gasteiger partial charge in [-0.1, -0.05) is 111 Å². The van der Waals surface area contributed by atoms with Crippen LogP contribution in [0.25, 0.3) is 10.8 Å². The summed E-state index contributed by atoms with van der Waals surface area (Å²) in [5.74, 6) is 2.49. The van der Waals surface area contributed by atoms with Gasteiger partial charge in [-0.15, -0.1) is 12.4 Å². The van der Waals surface area contributed by atoms with Crippen LogP contribution in [0.3, 0.4) is 0 Å². The fourth-order valence-corrected chi connectivity index (χ4v) is 10.2. The number of aliphatic hydroxyl groups is 4. The molecule has 0 heterocycles. The van der Waals surface area contributed by atoms with Crippen molar-refractivity contribution in [2.45, 2.75) is 142 Å². The maximum Gasteiger partial charge on any atom is 0.138 e. The topological polar surface area (TPSA) is 126 Å². The SMILES string of the molecule is C=C1/C(=C\C=C2/CCC[C@]3(C)[C@@H]([C@H](C)CCCC(C)(C)O)CC[C@@H]23)C[C@@H](O)CC1O.CC(C)(Cc1ccc2ccccc2c1)NC[C@@H](O)COc1cccc(Cl)c1C#N.Cl. The van der Waals surface area contributed by atoms with Gasteiger partial charge in [0.15, 0.2) is 0 Å². The van der Waals surface area contributed by atoms with Gasteiger partial charge in [-0.05, 0) is 142 Å². The first-order chi connectivity index (χ1) is 27.9. The van der Waals surface area contributed by atoms with Crippen LogP contribution in [0.5, 0.6) is 5.75 Å². The number of allylic oxidation sites excluding steroid dienone is 3. The zero-order valence-electron chi connectivity index (χ0n) is 36.7. The van der Waals surface area contributed by atoms with E-state index in [0.29, 0.717) is 47.4 Å². The van der Waals surface area contributed by atoms with Crippen molar-refractivity contribution in [3.8, 4) is 11.8 Å². The average molecular weight is 862 g/mol. The second-order valence-electron chi connectivity index (χ2n) is 19.2. The van der Waals surface area contributed by atoms with Gasteiger partial charge in [-0.3, -0.25) is 0 Å². The third kappa shape index (κ3) is 13.4. The molecular weight excluding hydrogens is 791 g/mol. The molecule has 3 aromatic carbocycles. The Hall–Kier alpha value is -3.19. The number of nitrogens with zero attached hydrogens (tertiary/aromatic N) is 1. The first-order valence-electron chi connectivity index (χ1n) is 21.8. The highest BCUT2D eigenvalue weighted by molar-refractivity contribution is 6.31. The number of β-amino-alcohol motifs (C(OH)–C–C–N with tert-alkyl or cyclic N) is 1. The van der Waals surface area contributed by atoms with E-state index in [1.807, 2.05) is 32.0 Å². The summed E-state index contributed by atoms with van der Waals surface area (Å²) in [7, 11) is 0. The van der Waals surface area contributed by atoms with Gasteiger partial charge in [0.2, 0.25) is 0 Å². The van der Waals surface area contributed by atoms with Crippen LogP contribution < -0.4 is 10.1 Å². The molecule has 0 amide bonds. The van der Waals surface area contributed by atoms with Gasteiger partial charge in [0.05, 0.1) is 22.8 Å². The Morgan fingerprint density at radius 1 is 1.05 bits per heavy atom. The van der Waals surface area contributed by atoms with Crippen LogP contribution >= 0.6 is 24.0 Å². The summed E-state index contributed by atoms with van der Waals surface area (Å²) < 4.78 is 5.61. The summed E-state index contributed by atoms with van der Waals surface area (Å²) in [6.45, 7) is 17.5. The van der Waals surface area contributed by atoms with E-state index in [9.17, 15) is 25.7 Å². The average Bonchev–Trinajstić information content (AvgIpc) is 3.54. The largest absolute Gasteiger partial charge is 0.489 e. The van der Waals surface area contributed by atoms with Crippen molar-refractivity contribution in [1.82, 2.24) is 5.32 Å². The summed E-state index contributed by atoms with van der Waals surface area (Å²) >= 11 is 6.00. The van der Waals surface area contributed by atoms with Crippen molar-refractivity contribution in [2.75, 3.05) is 13.2 Å². The molecule has 0 bridgehead atoms. The van der Waals surface area contributed by atoms with E-state index < -0.39 is 23.9 Å². The van der Waals surface area contributed by atoms with E-state index in [1.54, 1.807) is 23.8 Å². The number of rotatable bonds is 14. The van der Waals surface area contributed by atoms with Gasteiger partial charge in [0.25, 0.3) is 0 Å². The maximum atomic E-state index is 10.3. The molecule has 3 aliphatic rings. The quantitative estimate of drug-likeness (QED) is 0.109.